The second-order valence-electron chi connectivity index (χ2n) is 18.2. The van der Waals surface area contributed by atoms with Gasteiger partial charge in [0, 0.05) is 49.8 Å². The number of benzene rings is 1. The van der Waals surface area contributed by atoms with Crippen molar-refractivity contribution in [3.63, 3.8) is 0 Å². The SMILES string of the molecule is CC[C@H]1OC(=O)C[C@@H](O)[C@H](C)[C@@H](O[C@@H]2O[C@H](C)[C@@H](O)C(N(C)C)C2O)[C@@H](CCn2cc(-c3ccc(N)cc3)nn2)C[C@@H](C)C(=O)/C=C/C(C)=C/[C@@H]1CO[C@@H]1OC(C)[C@@H](O)[C@H](OC)C1OC. The number of rotatable bonds is 13. The third-order valence-corrected chi connectivity index (χ3v) is 13.2. The number of allylic oxidation sites excluding steroid dienone is 3. The Bertz CT molecular complexity index is 1880. The number of hydrogen-bond acceptors (Lipinski definition) is 17. The van der Waals surface area contributed by atoms with Gasteiger partial charge in [-0.15, -0.1) is 5.10 Å². The topological polar surface area (TPSA) is 240 Å². The number of cyclic esters (lactones) is 1. The zero-order chi connectivity index (χ0) is 47.7. The first-order valence-electron chi connectivity index (χ1n) is 22.7. The number of carbonyl (C=O) groups excluding carboxylic acids is 2. The summed E-state index contributed by atoms with van der Waals surface area (Å²) in [5.41, 5.74) is 8.73. The van der Waals surface area contributed by atoms with Crippen LogP contribution >= 0.6 is 0 Å². The molecular weight excluding hydrogens is 843 g/mol. The Hall–Kier alpha value is -3.66. The number of hydrogen-bond donors (Lipinski definition) is 5. The molecule has 1 aromatic carbocycles. The fraction of sp³-hybridized carbons (Fsp3) is 0.702. The van der Waals surface area contributed by atoms with Gasteiger partial charge in [-0.3, -0.25) is 14.3 Å². The summed E-state index contributed by atoms with van der Waals surface area (Å²) in [5, 5.41) is 54.1. The number of likely N-dealkylation sites (N-methyl/N-ethyl adjacent to an activating group) is 1. The molecule has 17 atom stereocenters. The monoisotopic (exact) mass is 916 g/mol. The lowest BCUT2D eigenvalue weighted by molar-refractivity contribution is -0.304. The maximum Gasteiger partial charge on any atom is 0.308 e. The first kappa shape index (κ1) is 52.3. The van der Waals surface area contributed by atoms with Gasteiger partial charge in [-0.05, 0) is 78.3 Å². The minimum absolute atomic E-state index is 0.0136. The lowest BCUT2D eigenvalue weighted by Crippen LogP contribution is -2.63. The van der Waals surface area contributed by atoms with Crippen molar-refractivity contribution in [3.05, 3.63) is 54.3 Å². The van der Waals surface area contributed by atoms with E-state index in [2.05, 4.69) is 10.3 Å². The van der Waals surface area contributed by atoms with E-state index in [9.17, 15) is 30.0 Å². The third-order valence-electron chi connectivity index (χ3n) is 13.2. The fourth-order valence-electron chi connectivity index (χ4n) is 9.18. The molecule has 18 heteroatoms. The summed E-state index contributed by atoms with van der Waals surface area (Å²) < 4.78 is 44.2. The molecule has 1 aromatic heterocycles. The van der Waals surface area contributed by atoms with E-state index in [4.69, 9.17) is 38.9 Å². The maximum absolute atomic E-state index is 14.0. The van der Waals surface area contributed by atoms with Crippen molar-refractivity contribution in [2.24, 2.45) is 23.7 Å². The van der Waals surface area contributed by atoms with Crippen LogP contribution in [-0.2, 0) is 49.3 Å². The van der Waals surface area contributed by atoms with Crippen LogP contribution in [0.2, 0.25) is 0 Å². The van der Waals surface area contributed by atoms with Crippen LogP contribution in [-0.4, -0.2) is 167 Å². The van der Waals surface area contributed by atoms with Crippen LogP contribution < -0.4 is 5.73 Å². The molecular formula is C47H73N5O13. The number of aryl methyl sites for hydroxylation is 1. The molecule has 0 spiro atoms. The lowest BCUT2D eigenvalue weighted by Gasteiger charge is -2.46. The largest absolute Gasteiger partial charge is 0.462 e. The second-order valence-corrected chi connectivity index (χ2v) is 18.2. The highest BCUT2D eigenvalue weighted by Gasteiger charge is 2.48. The Balaban J connectivity index is 1.47. The molecule has 0 bridgehead atoms. The van der Waals surface area contributed by atoms with Crippen molar-refractivity contribution >= 4 is 17.4 Å². The predicted molar refractivity (Wildman–Crippen MR) is 240 cm³/mol. The van der Waals surface area contributed by atoms with Gasteiger partial charge in [0.25, 0.3) is 0 Å². The molecule has 0 aliphatic carbocycles. The van der Waals surface area contributed by atoms with Crippen molar-refractivity contribution in [3.8, 4) is 11.3 Å². The first-order chi connectivity index (χ1) is 30.9. The second kappa shape index (κ2) is 23.9. The van der Waals surface area contributed by atoms with Gasteiger partial charge in [-0.1, -0.05) is 55.8 Å². The highest BCUT2D eigenvalue weighted by atomic mass is 16.7. The van der Waals surface area contributed by atoms with Crippen LogP contribution in [0.15, 0.2) is 54.3 Å². The summed E-state index contributed by atoms with van der Waals surface area (Å²) in [6.07, 6.45) is -3.50. The molecule has 2 saturated heterocycles. The summed E-state index contributed by atoms with van der Waals surface area (Å²) in [6, 6.07) is 6.56. The molecule has 65 heavy (non-hydrogen) atoms. The highest BCUT2D eigenvalue weighted by molar-refractivity contribution is 5.91. The van der Waals surface area contributed by atoms with Gasteiger partial charge >= 0.3 is 5.97 Å². The molecule has 2 aromatic rings. The van der Waals surface area contributed by atoms with Crippen molar-refractivity contribution in [2.45, 2.75) is 153 Å². The van der Waals surface area contributed by atoms with E-state index in [0.29, 0.717) is 37.2 Å². The zero-order valence-corrected chi connectivity index (χ0v) is 39.5. The van der Waals surface area contributed by atoms with Crippen molar-refractivity contribution in [1.29, 1.82) is 0 Å². The number of aliphatic hydroxyl groups is 4. The van der Waals surface area contributed by atoms with Gasteiger partial charge in [-0.25, -0.2) is 0 Å². The van der Waals surface area contributed by atoms with Crippen LogP contribution in [0.1, 0.15) is 67.2 Å². The van der Waals surface area contributed by atoms with Crippen molar-refractivity contribution in [2.75, 3.05) is 40.7 Å². The van der Waals surface area contributed by atoms with E-state index < -0.39 is 116 Å². The number of carbonyl (C=O) groups is 2. The van der Waals surface area contributed by atoms with Crippen LogP contribution in [0, 0.1) is 23.7 Å². The minimum atomic E-state index is -1.30. The molecule has 4 heterocycles. The average Bonchev–Trinajstić information content (AvgIpc) is 3.75. The molecule has 2 fully saturated rings. The molecule has 0 saturated carbocycles. The minimum Gasteiger partial charge on any atom is -0.462 e. The zero-order valence-electron chi connectivity index (χ0n) is 39.5. The van der Waals surface area contributed by atoms with Gasteiger partial charge in [0.15, 0.2) is 18.4 Å². The van der Waals surface area contributed by atoms with E-state index in [-0.39, 0.29) is 12.4 Å². The number of esters is 1. The molecule has 0 amide bonds. The number of nitrogens with two attached hydrogens (primary N) is 1. The molecule has 4 unspecified atom stereocenters. The molecule has 0 radical (unpaired) electrons. The van der Waals surface area contributed by atoms with Gasteiger partial charge in [-0.2, -0.15) is 0 Å². The molecule has 5 rings (SSSR count). The number of aliphatic hydroxyl groups excluding tert-OH is 4. The normalized spacial score (nSPS) is 38.3. The summed E-state index contributed by atoms with van der Waals surface area (Å²) >= 11 is 0. The quantitative estimate of drug-likeness (QED) is 0.143. The molecule has 6 N–H and O–H groups in total. The summed E-state index contributed by atoms with van der Waals surface area (Å²) in [6.45, 7) is 11.1. The van der Waals surface area contributed by atoms with Crippen molar-refractivity contribution < 1.29 is 63.2 Å². The van der Waals surface area contributed by atoms with Gasteiger partial charge < -0.3 is 64.2 Å². The Labute approximate surface area is 383 Å². The van der Waals surface area contributed by atoms with Gasteiger partial charge in [0.05, 0.1) is 55.8 Å². The highest BCUT2D eigenvalue weighted by Crippen LogP contribution is 2.35. The predicted octanol–water partition coefficient (Wildman–Crippen LogP) is 2.90. The van der Waals surface area contributed by atoms with E-state index in [1.54, 1.807) is 62.7 Å². The van der Waals surface area contributed by atoms with E-state index >= 15 is 0 Å². The number of nitrogens with zero attached hydrogens (tertiary/aromatic N) is 4. The fourth-order valence-corrected chi connectivity index (χ4v) is 9.18. The number of anilines is 1. The van der Waals surface area contributed by atoms with Crippen LogP contribution in [0.3, 0.4) is 0 Å². The Kier molecular flexibility index (Phi) is 19.2. The molecule has 3 aliphatic heterocycles. The molecule has 364 valence electrons. The van der Waals surface area contributed by atoms with Gasteiger partial charge in [0.1, 0.15) is 36.2 Å². The number of nitrogen functional groups attached to an aromatic ring is 1. The number of ether oxygens (including phenoxy) is 7. The van der Waals surface area contributed by atoms with Gasteiger partial charge in [0.2, 0.25) is 0 Å². The Morgan fingerprint density at radius 1 is 0.892 bits per heavy atom. The van der Waals surface area contributed by atoms with Crippen molar-refractivity contribution in [1.82, 2.24) is 19.9 Å². The standard InChI is InChI=1S/C47H73N5O13/c1-11-37-32(24-61-47-45(60-10)44(59-9)41(57)29(6)63-47)20-25(2)12-17-35(53)26(3)21-31(18-19-52-23-34(49-50-52)30-13-15-33(48)16-14-30)43(27(4)36(54)22-38(55)64-37)65-46-42(58)39(51(7)8)40(56)28(5)62-46/h12-17,20,23,26-29,31-32,36-37,39-47,54,56-58H,11,18-19,21-22,24,48H2,1-10H3/b17-12+,25-20+/t26-,27+,28-,29?,31+,32-,36-,37-,39?,40-,41-,42?,43-,44+,45?,46+,47-/m1/s1. The summed E-state index contributed by atoms with van der Waals surface area (Å²) in [5.74, 6) is -3.08. The smallest absolute Gasteiger partial charge is 0.308 e. The average molecular weight is 916 g/mol. The van der Waals surface area contributed by atoms with Crippen LogP contribution in [0.4, 0.5) is 5.69 Å². The molecule has 3 aliphatic rings. The van der Waals surface area contributed by atoms with Crippen LogP contribution in [0.25, 0.3) is 11.3 Å². The maximum atomic E-state index is 14.0. The third kappa shape index (κ3) is 13.3. The number of aromatic nitrogens is 3. The number of ketones is 1. The summed E-state index contributed by atoms with van der Waals surface area (Å²) in [7, 11) is 6.45. The molecule has 18 nitrogen and oxygen atoms in total. The Morgan fingerprint density at radius 3 is 2.20 bits per heavy atom. The van der Waals surface area contributed by atoms with E-state index in [0.717, 1.165) is 11.1 Å². The number of methoxy groups -OCH3 is 2. The Morgan fingerprint density at radius 2 is 1.55 bits per heavy atom. The van der Waals surface area contributed by atoms with Crippen LogP contribution in [0.5, 0.6) is 0 Å². The van der Waals surface area contributed by atoms with E-state index in [1.165, 1.54) is 20.3 Å². The summed E-state index contributed by atoms with van der Waals surface area (Å²) in [4.78, 5) is 29.6. The first-order valence-corrected chi connectivity index (χ1v) is 22.7. The van der Waals surface area contributed by atoms with E-state index in [1.807, 2.05) is 45.2 Å². The lowest BCUT2D eigenvalue weighted by atomic mass is 9.79.